The van der Waals surface area contributed by atoms with E-state index in [0.29, 0.717) is 12.3 Å². The van der Waals surface area contributed by atoms with Gasteiger partial charge in [0.2, 0.25) is 11.8 Å². The molecule has 1 unspecified atom stereocenters. The van der Waals surface area contributed by atoms with Crippen LogP contribution in [0.4, 0.5) is 5.88 Å². The third-order valence-electron chi connectivity index (χ3n) is 2.18. The van der Waals surface area contributed by atoms with Crippen molar-refractivity contribution in [2.45, 2.75) is 13.3 Å². The Hall–Kier alpha value is -1.32. The lowest BCUT2D eigenvalue weighted by molar-refractivity contribution is -0.122. The topological polar surface area (TPSA) is 46.3 Å². The quantitative estimate of drug-likeness (QED) is 0.573. The second-order valence-electron chi connectivity index (χ2n) is 3.11. The van der Waals surface area contributed by atoms with E-state index < -0.39 is 0 Å². The molecule has 0 radical (unpaired) electrons. The van der Waals surface area contributed by atoms with Crippen LogP contribution in [0.3, 0.4) is 0 Å². The fourth-order valence-corrected chi connectivity index (χ4v) is 1.48. The average molecular weight is 166 g/mol. The van der Waals surface area contributed by atoms with Crippen molar-refractivity contribution in [1.29, 1.82) is 0 Å². The SMILES string of the molecule is CC1Cc2ncoc2N(C)C1=O. The Labute approximate surface area is 70.2 Å². The first-order valence-electron chi connectivity index (χ1n) is 3.90. The number of carbonyl (C=O) groups excluding carboxylic acids is 1. The molecule has 4 heteroatoms. The fraction of sp³-hybridized carbons (Fsp3) is 0.500. The number of hydrogen-bond donors (Lipinski definition) is 0. The largest absolute Gasteiger partial charge is 0.427 e. The van der Waals surface area contributed by atoms with E-state index in [-0.39, 0.29) is 11.8 Å². The molecule has 12 heavy (non-hydrogen) atoms. The van der Waals surface area contributed by atoms with E-state index in [1.165, 1.54) is 11.3 Å². The maximum Gasteiger partial charge on any atom is 0.232 e. The molecule has 1 aromatic rings. The molecule has 4 nitrogen and oxygen atoms in total. The molecule has 0 aliphatic carbocycles. The van der Waals surface area contributed by atoms with Crippen molar-refractivity contribution in [2.75, 3.05) is 11.9 Å². The zero-order valence-electron chi connectivity index (χ0n) is 7.07. The summed E-state index contributed by atoms with van der Waals surface area (Å²) < 4.78 is 5.08. The minimum Gasteiger partial charge on any atom is -0.427 e. The van der Waals surface area contributed by atoms with Crippen LogP contribution in [0, 0.1) is 5.92 Å². The van der Waals surface area contributed by atoms with Gasteiger partial charge in [0.1, 0.15) is 5.69 Å². The minimum absolute atomic E-state index is 0.0209. The Kier molecular flexibility index (Phi) is 1.43. The normalized spacial score (nSPS) is 22.7. The lowest BCUT2D eigenvalue weighted by Crippen LogP contribution is -2.36. The number of oxazole rings is 1. The summed E-state index contributed by atoms with van der Waals surface area (Å²) in [6, 6.07) is 0. The van der Waals surface area contributed by atoms with Crippen molar-refractivity contribution in [2.24, 2.45) is 5.92 Å². The summed E-state index contributed by atoms with van der Waals surface area (Å²) in [5.41, 5.74) is 0.879. The van der Waals surface area contributed by atoms with E-state index in [0.717, 1.165) is 5.69 Å². The van der Waals surface area contributed by atoms with Gasteiger partial charge in [-0.3, -0.25) is 9.69 Å². The van der Waals surface area contributed by atoms with Crippen molar-refractivity contribution in [3.05, 3.63) is 12.1 Å². The molecule has 2 heterocycles. The van der Waals surface area contributed by atoms with E-state index in [9.17, 15) is 4.79 Å². The number of fused-ring (bicyclic) bond motifs is 1. The van der Waals surface area contributed by atoms with Crippen molar-refractivity contribution in [3.63, 3.8) is 0 Å². The molecule has 0 spiro atoms. The van der Waals surface area contributed by atoms with Crippen molar-refractivity contribution in [3.8, 4) is 0 Å². The Balaban J connectivity index is 2.45. The van der Waals surface area contributed by atoms with Crippen molar-refractivity contribution in [1.82, 2.24) is 4.98 Å². The summed E-state index contributed by atoms with van der Waals surface area (Å²) in [5, 5.41) is 0. The third-order valence-corrected chi connectivity index (χ3v) is 2.18. The fourth-order valence-electron chi connectivity index (χ4n) is 1.48. The summed E-state index contributed by atoms with van der Waals surface area (Å²) in [6.07, 6.45) is 2.07. The first-order valence-corrected chi connectivity index (χ1v) is 3.90. The van der Waals surface area contributed by atoms with Gasteiger partial charge in [-0.05, 0) is 0 Å². The molecule has 1 aliphatic rings. The van der Waals surface area contributed by atoms with Crippen LogP contribution in [0.25, 0.3) is 0 Å². The van der Waals surface area contributed by atoms with Crippen LogP contribution in [-0.4, -0.2) is 17.9 Å². The van der Waals surface area contributed by atoms with Gasteiger partial charge in [-0.1, -0.05) is 6.92 Å². The number of nitrogens with zero attached hydrogens (tertiary/aromatic N) is 2. The average Bonchev–Trinajstić information content (AvgIpc) is 2.48. The summed E-state index contributed by atoms with van der Waals surface area (Å²) in [5.74, 6) is 0.713. The van der Waals surface area contributed by atoms with E-state index in [2.05, 4.69) is 4.98 Å². The predicted octanol–water partition coefficient (Wildman–Crippen LogP) is 0.830. The second kappa shape index (κ2) is 2.33. The lowest BCUT2D eigenvalue weighted by atomic mass is 10.0. The Morgan fingerprint density at radius 2 is 2.50 bits per heavy atom. The van der Waals surface area contributed by atoms with Crippen molar-refractivity contribution < 1.29 is 9.21 Å². The maximum absolute atomic E-state index is 11.4. The van der Waals surface area contributed by atoms with E-state index in [4.69, 9.17) is 4.42 Å². The molecule has 1 aromatic heterocycles. The molecule has 0 aromatic carbocycles. The Morgan fingerprint density at radius 3 is 3.25 bits per heavy atom. The molecule has 64 valence electrons. The van der Waals surface area contributed by atoms with E-state index in [1.54, 1.807) is 7.05 Å². The van der Waals surface area contributed by atoms with Crippen LogP contribution < -0.4 is 4.90 Å². The third kappa shape index (κ3) is 0.841. The molecule has 0 fully saturated rings. The monoisotopic (exact) mass is 166 g/mol. The first-order chi connectivity index (χ1) is 5.70. The first kappa shape index (κ1) is 7.34. The molecule has 1 aliphatic heterocycles. The summed E-state index contributed by atoms with van der Waals surface area (Å²) in [4.78, 5) is 17.0. The Morgan fingerprint density at radius 1 is 1.75 bits per heavy atom. The second-order valence-corrected chi connectivity index (χ2v) is 3.11. The van der Waals surface area contributed by atoms with Crippen molar-refractivity contribution >= 4 is 11.8 Å². The molecule has 0 bridgehead atoms. The van der Waals surface area contributed by atoms with Gasteiger partial charge < -0.3 is 4.42 Å². The van der Waals surface area contributed by atoms with Gasteiger partial charge in [-0.25, -0.2) is 4.98 Å². The van der Waals surface area contributed by atoms with Crippen LogP contribution in [0.2, 0.25) is 0 Å². The van der Waals surface area contributed by atoms with Crippen LogP contribution in [0.15, 0.2) is 10.8 Å². The van der Waals surface area contributed by atoms with Crippen LogP contribution in [-0.2, 0) is 11.2 Å². The summed E-state index contributed by atoms with van der Waals surface area (Å²) in [6.45, 7) is 1.90. The predicted molar refractivity (Wildman–Crippen MR) is 42.8 cm³/mol. The highest BCUT2D eigenvalue weighted by Gasteiger charge is 2.30. The van der Waals surface area contributed by atoms with Crippen LogP contribution in [0.5, 0.6) is 0 Å². The zero-order chi connectivity index (χ0) is 8.72. The molecule has 0 N–H and O–H groups in total. The molecular formula is C8H10N2O2. The van der Waals surface area contributed by atoms with Gasteiger partial charge >= 0.3 is 0 Å². The standard InChI is InChI=1S/C8H10N2O2/c1-5-3-6-8(12-4-9-6)10(2)7(5)11/h4-5H,3H2,1-2H3. The lowest BCUT2D eigenvalue weighted by Gasteiger charge is -2.24. The molecule has 1 atom stereocenters. The number of carbonyl (C=O) groups is 1. The maximum atomic E-state index is 11.4. The smallest absolute Gasteiger partial charge is 0.232 e. The highest BCUT2D eigenvalue weighted by Crippen LogP contribution is 2.27. The van der Waals surface area contributed by atoms with Gasteiger partial charge in [-0.15, -0.1) is 0 Å². The highest BCUT2D eigenvalue weighted by atomic mass is 16.4. The van der Waals surface area contributed by atoms with Crippen LogP contribution >= 0.6 is 0 Å². The summed E-state index contributed by atoms with van der Waals surface area (Å²) in [7, 11) is 1.71. The minimum atomic E-state index is 0.0209. The molecule has 0 saturated heterocycles. The molecule has 1 amide bonds. The molecular weight excluding hydrogens is 156 g/mol. The number of aromatic nitrogens is 1. The van der Waals surface area contributed by atoms with Gasteiger partial charge in [0.05, 0.1) is 0 Å². The van der Waals surface area contributed by atoms with Gasteiger partial charge in [-0.2, -0.15) is 0 Å². The number of anilines is 1. The molecule has 2 rings (SSSR count). The summed E-state index contributed by atoms with van der Waals surface area (Å²) >= 11 is 0. The molecule has 0 saturated carbocycles. The number of rotatable bonds is 0. The van der Waals surface area contributed by atoms with E-state index in [1.807, 2.05) is 6.92 Å². The van der Waals surface area contributed by atoms with Gasteiger partial charge in [0, 0.05) is 19.4 Å². The van der Waals surface area contributed by atoms with Gasteiger partial charge in [0.25, 0.3) is 0 Å². The van der Waals surface area contributed by atoms with Gasteiger partial charge in [0.15, 0.2) is 6.39 Å². The number of amides is 1. The highest BCUT2D eigenvalue weighted by molar-refractivity contribution is 5.95. The zero-order valence-corrected chi connectivity index (χ0v) is 7.07. The Bertz CT molecular complexity index is 319. The number of hydrogen-bond acceptors (Lipinski definition) is 3. The van der Waals surface area contributed by atoms with Crippen LogP contribution in [0.1, 0.15) is 12.6 Å². The van der Waals surface area contributed by atoms with E-state index >= 15 is 0 Å².